The highest BCUT2D eigenvalue weighted by Gasteiger charge is 2.37. The average Bonchev–Trinajstić information content (AvgIpc) is 2.38. The summed E-state index contributed by atoms with van der Waals surface area (Å²) in [5.41, 5.74) is 0. The van der Waals surface area contributed by atoms with Crippen LogP contribution >= 0.6 is 0 Å². The van der Waals surface area contributed by atoms with Gasteiger partial charge in [-0.3, -0.25) is 0 Å². The molecule has 6 heteroatoms. The molecule has 0 radical (unpaired) electrons. The molecule has 0 N–H and O–H groups in total. The van der Waals surface area contributed by atoms with Gasteiger partial charge in [-0.15, -0.1) is 13.0 Å². The first-order valence-electron chi connectivity index (χ1n) is 6.73. The van der Waals surface area contributed by atoms with Crippen LogP contribution in [0.4, 0.5) is 13.2 Å². The Bertz CT molecular complexity index is 526. The van der Waals surface area contributed by atoms with Crippen LogP contribution in [0.25, 0.3) is 0 Å². The van der Waals surface area contributed by atoms with Gasteiger partial charge >= 0.3 is 6.18 Å². The van der Waals surface area contributed by atoms with Gasteiger partial charge in [-0.2, -0.15) is 13.2 Å². The van der Waals surface area contributed by atoms with Gasteiger partial charge in [-0.05, 0) is 25.2 Å². The fraction of sp³-hybridized carbons (Fsp3) is 0.600. The van der Waals surface area contributed by atoms with Gasteiger partial charge in [-0.25, -0.2) is 8.42 Å². The molecule has 0 aromatic rings. The van der Waals surface area contributed by atoms with Crippen molar-refractivity contribution in [2.45, 2.75) is 37.1 Å². The molecule has 0 aliphatic heterocycles. The normalized spacial score (nSPS) is 24.3. The first kappa shape index (κ1) is 17.8. The Labute approximate surface area is 124 Å². The molecule has 0 bridgehead atoms. The van der Waals surface area contributed by atoms with Crippen molar-refractivity contribution in [3.8, 4) is 12.3 Å². The number of hydrogen-bond donors (Lipinski definition) is 0. The molecule has 0 saturated carbocycles. The molecule has 0 amide bonds. The zero-order valence-corrected chi connectivity index (χ0v) is 12.5. The summed E-state index contributed by atoms with van der Waals surface area (Å²) in [5, 5.41) is -1.04. The molecule has 0 saturated heterocycles. The highest BCUT2D eigenvalue weighted by Crippen LogP contribution is 2.33. The second-order valence-corrected chi connectivity index (χ2v) is 7.47. The van der Waals surface area contributed by atoms with Crippen LogP contribution in [0.2, 0.25) is 0 Å². The van der Waals surface area contributed by atoms with Gasteiger partial charge in [0.25, 0.3) is 0 Å². The Hall–Kier alpha value is -1.22. The molecule has 3 unspecified atom stereocenters. The Morgan fingerprint density at radius 2 is 2.05 bits per heavy atom. The molecule has 3 atom stereocenters. The lowest BCUT2D eigenvalue weighted by molar-refractivity contribution is -0.135. The van der Waals surface area contributed by atoms with Crippen molar-refractivity contribution in [2.75, 3.05) is 5.75 Å². The minimum atomic E-state index is -4.36. The van der Waals surface area contributed by atoms with E-state index in [4.69, 9.17) is 6.42 Å². The summed E-state index contributed by atoms with van der Waals surface area (Å²) in [5.74, 6) is 1.77. The highest BCUT2D eigenvalue weighted by atomic mass is 32.2. The number of sulfone groups is 1. The van der Waals surface area contributed by atoms with Crippen LogP contribution in [0.1, 0.15) is 25.7 Å². The van der Waals surface area contributed by atoms with Crippen LogP contribution < -0.4 is 0 Å². The molecule has 21 heavy (non-hydrogen) atoms. The van der Waals surface area contributed by atoms with Crippen molar-refractivity contribution in [3.05, 3.63) is 24.8 Å². The molecule has 1 aliphatic carbocycles. The van der Waals surface area contributed by atoms with Gasteiger partial charge in [0.05, 0.1) is 11.0 Å². The van der Waals surface area contributed by atoms with Crippen molar-refractivity contribution >= 4 is 9.84 Å². The highest BCUT2D eigenvalue weighted by molar-refractivity contribution is 7.92. The smallest absolute Gasteiger partial charge is 0.228 e. The van der Waals surface area contributed by atoms with Gasteiger partial charge in [-0.1, -0.05) is 24.1 Å². The van der Waals surface area contributed by atoms with E-state index in [2.05, 4.69) is 12.5 Å². The number of hydrogen-bond acceptors (Lipinski definition) is 2. The Morgan fingerprint density at radius 1 is 1.38 bits per heavy atom. The SMILES string of the molecule is C#CC1C=CC(C(CCC(F)(F)F)S(=O)(=O)CC=C)CC1. The maximum Gasteiger partial charge on any atom is 0.389 e. The first-order chi connectivity index (χ1) is 9.69. The number of rotatable bonds is 6. The van der Waals surface area contributed by atoms with Gasteiger partial charge in [0.1, 0.15) is 0 Å². The van der Waals surface area contributed by atoms with E-state index >= 15 is 0 Å². The lowest BCUT2D eigenvalue weighted by Gasteiger charge is -2.28. The number of allylic oxidation sites excluding steroid dienone is 2. The summed E-state index contributed by atoms with van der Waals surface area (Å²) in [6, 6.07) is 0. The fourth-order valence-electron chi connectivity index (χ4n) is 2.54. The second kappa shape index (κ2) is 7.17. The van der Waals surface area contributed by atoms with E-state index < -0.39 is 40.0 Å². The van der Waals surface area contributed by atoms with E-state index in [0.29, 0.717) is 12.8 Å². The maximum absolute atomic E-state index is 12.4. The predicted octanol–water partition coefficient (Wildman–Crippen LogP) is 3.51. The topological polar surface area (TPSA) is 34.1 Å². The van der Waals surface area contributed by atoms with E-state index in [1.165, 1.54) is 6.08 Å². The zero-order valence-electron chi connectivity index (χ0n) is 11.6. The van der Waals surface area contributed by atoms with Gasteiger partial charge in [0.15, 0.2) is 9.84 Å². The number of halogens is 3. The third kappa shape index (κ3) is 5.58. The van der Waals surface area contributed by atoms with Crippen LogP contribution in [-0.2, 0) is 9.84 Å². The Balaban J connectivity index is 2.93. The van der Waals surface area contributed by atoms with Crippen LogP contribution in [0.15, 0.2) is 24.8 Å². The average molecular weight is 320 g/mol. The summed E-state index contributed by atoms with van der Waals surface area (Å²) in [6.07, 6.45) is 5.10. The molecule has 1 rings (SSSR count). The molecule has 1 aliphatic rings. The first-order valence-corrected chi connectivity index (χ1v) is 8.45. The van der Waals surface area contributed by atoms with E-state index in [9.17, 15) is 21.6 Å². The molecule has 0 fully saturated rings. The molecule has 0 aromatic carbocycles. The van der Waals surface area contributed by atoms with Gasteiger partial charge in [0.2, 0.25) is 0 Å². The lowest BCUT2D eigenvalue weighted by Crippen LogP contribution is -2.33. The monoisotopic (exact) mass is 320 g/mol. The molecule has 2 nitrogen and oxygen atoms in total. The Morgan fingerprint density at radius 3 is 2.48 bits per heavy atom. The quantitative estimate of drug-likeness (QED) is 0.554. The second-order valence-electron chi connectivity index (χ2n) is 5.21. The molecule has 0 spiro atoms. The van der Waals surface area contributed by atoms with E-state index in [1.54, 1.807) is 12.2 Å². The predicted molar refractivity (Wildman–Crippen MR) is 77.2 cm³/mol. The standard InChI is InChI=1S/C15H19F3O2S/c1-3-11-21(19,20)14(9-10-15(16,17)18)13-7-5-12(4-2)6-8-13/h2-3,5,7,12-14H,1,6,8-11H2. The zero-order chi connectivity index (χ0) is 16.1. The van der Waals surface area contributed by atoms with Crippen LogP contribution in [-0.4, -0.2) is 25.6 Å². The molecule has 118 valence electrons. The van der Waals surface area contributed by atoms with Crippen molar-refractivity contribution in [1.82, 2.24) is 0 Å². The van der Waals surface area contributed by atoms with E-state index in [1.807, 2.05) is 0 Å². The minimum absolute atomic E-state index is 0.0633. The summed E-state index contributed by atoms with van der Waals surface area (Å²) in [4.78, 5) is 0. The third-order valence-electron chi connectivity index (χ3n) is 3.62. The summed E-state index contributed by atoms with van der Waals surface area (Å²) >= 11 is 0. The van der Waals surface area contributed by atoms with E-state index in [0.717, 1.165) is 0 Å². The Kier molecular flexibility index (Phi) is 6.09. The maximum atomic E-state index is 12.4. The van der Waals surface area contributed by atoms with Crippen LogP contribution in [0.5, 0.6) is 0 Å². The lowest BCUT2D eigenvalue weighted by atomic mass is 9.86. The van der Waals surface area contributed by atoms with Crippen LogP contribution in [0, 0.1) is 24.2 Å². The van der Waals surface area contributed by atoms with Gasteiger partial charge in [0, 0.05) is 12.3 Å². The summed E-state index contributed by atoms with van der Waals surface area (Å²) in [6.45, 7) is 3.36. The van der Waals surface area contributed by atoms with Crippen molar-refractivity contribution in [2.24, 2.45) is 11.8 Å². The molecular formula is C15H19F3O2S. The minimum Gasteiger partial charge on any atom is -0.228 e. The summed E-state index contributed by atoms with van der Waals surface area (Å²) in [7, 11) is -3.64. The van der Waals surface area contributed by atoms with Gasteiger partial charge < -0.3 is 0 Å². The summed E-state index contributed by atoms with van der Waals surface area (Å²) < 4.78 is 61.6. The van der Waals surface area contributed by atoms with Crippen LogP contribution in [0.3, 0.4) is 0 Å². The fourth-order valence-corrected chi connectivity index (χ4v) is 4.36. The van der Waals surface area contributed by atoms with Crippen molar-refractivity contribution in [3.63, 3.8) is 0 Å². The molecule has 0 heterocycles. The van der Waals surface area contributed by atoms with Crippen molar-refractivity contribution in [1.29, 1.82) is 0 Å². The largest absolute Gasteiger partial charge is 0.389 e. The number of alkyl halides is 3. The van der Waals surface area contributed by atoms with Crippen molar-refractivity contribution < 1.29 is 21.6 Å². The molecular weight excluding hydrogens is 301 g/mol. The third-order valence-corrected chi connectivity index (χ3v) is 5.83. The number of terminal acetylenes is 1. The molecule has 0 aromatic heterocycles. The van der Waals surface area contributed by atoms with E-state index in [-0.39, 0.29) is 11.7 Å².